The molecule has 0 unspecified atom stereocenters. The third kappa shape index (κ3) is 4.45. The number of para-hydroxylation sites is 1. The molecule has 6 rings (SSSR count). The van der Waals surface area contributed by atoms with E-state index < -0.39 is 0 Å². The first-order valence-corrected chi connectivity index (χ1v) is 12.7. The molecule has 0 radical (unpaired) electrons. The van der Waals surface area contributed by atoms with Gasteiger partial charge in [-0.1, -0.05) is 78.9 Å². The summed E-state index contributed by atoms with van der Waals surface area (Å²) in [5, 5.41) is 6.29. The minimum atomic E-state index is 0.821. The number of hydrogen-bond donors (Lipinski definition) is 0. The Morgan fingerprint density at radius 1 is 0.528 bits per heavy atom. The standard InChI is InChI=1S/C33H29N3/c1-22-19-24(20-25-9-3-5-11-28(22)25)15-17-32-29-12-6-4-10-26(29)21-27(36-32)16-18-33-30-13-7-8-14-31(30)34-23(2)35-33/h3-14,19-21H,15-18H2,1-2H3. The molecular weight excluding hydrogens is 438 g/mol. The lowest BCUT2D eigenvalue weighted by Crippen LogP contribution is -2.04. The number of pyridine rings is 1. The van der Waals surface area contributed by atoms with E-state index in [1.165, 1.54) is 38.4 Å². The SMILES string of the molecule is Cc1nc(CCc2cc3ccccc3c(CCc3cc(C)c4ccccc4c3)n2)c2ccccc2n1. The minimum absolute atomic E-state index is 0.821. The van der Waals surface area contributed by atoms with E-state index in [2.05, 4.69) is 96.8 Å². The molecule has 2 aromatic heterocycles. The molecule has 0 spiro atoms. The molecule has 176 valence electrons. The lowest BCUT2D eigenvalue weighted by molar-refractivity contribution is 0.847. The van der Waals surface area contributed by atoms with Gasteiger partial charge in [-0.05, 0) is 78.9 Å². The van der Waals surface area contributed by atoms with Crippen molar-refractivity contribution in [2.75, 3.05) is 0 Å². The van der Waals surface area contributed by atoms with Crippen molar-refractivity contribution in [1.82, 2.24) is 15.0 Å². The molecule has 0 aliphatic carbocycles. The zero-order chi connectivity index (χ0) is 24.5. The van der Waals surface area contributed by atoms with Crippen LogP contribution in [0.5, 0.6) is 0 Å². The van der Waals surface area contributed by atoms with E-state index in [9.17, 15) is 0 Å². The van der Waals surface area contributed by atoms with E-state index in [1.54, 1.807) is 0 Å². The highest BCUT2D eigenvalue weighted by Crippen LogP contribution is 2.25. The second kappa shape index (κ2) is 9.50. The third-order valence-corrected chi connectivity index (χ3v) is 7.06. The predicted octanol–water partition coefficient (Wildman–Crippen LogP) is 7.52. The van der Waals surface area contributed by atoms with Crippen molar-refractivity contribution in [2.24, 2.45) is 0 Å². The van der Waals surface area contributed by atoms with E-state index in [0.717, 1.165) is 53.8 Å². The summed E-state index contributed by atoms with van der Waals surface area (Å²) < 4.78 is 0. The van der Waals surface area contributed by atoms with E-state index >= 15 is 0 Å². The number of aromatic nitrogens is 3. The molecule has 0 aliphatic heterocycles. The van der Waals surface area contributed by atoms with Crippen LogP contribution in [0.25, 0.3) is 32.4 Å². The fourth-order valence-electron chi connectivity index (χ4n) is 5.34. The van der Waals surface area contributed by atoms with Crippen molar-refractivity contribution in [3.63, 3.8) is 0 Å². The van der Waals surface area contributed by atoms with Crippen LogP contribution in [-0.2, 0) is 25.7 Å². The Balaban J connectivity index is 1.29. The van der Waals surface area contributed by atoms with Gasteiger partial charge < -0.3 is 0 Å². The average molecular weight is 468 g/mol. The minimum Gasteiger partial charge on any atom is -0.257 e. The molecule has 0 N–H and O–H groups in total. The van der Waals surface area contributed by atoms with Gasteiger partial charge in [0.05, 0.1) is 11.2 Å². The highest BCUT2D eigenvalue weighted by Gasteiger charge is 2.10. The predicted molar refractivity (Wildman–Crippen MR) is 150 cm³/mol. The van der Waals surface area contributed by atoms with Crippen LogP contribution < -0.4 is 0 Å². The van der Waals surface area contributed by atoms with Gasteiger partial charge in [0.15, 0.2) is 0 Å². The molecule has 3 nitrogen and oxygen atoms in total. The Hall–Kier alpha value is -4.11. The molecule has 0 amide bonds. The maximum Gasteiger partial charge on any atom is 0.126 e. The highest BCUT2D eigenvalue weighted by molar-refractivity contribution is 5.87. The zero-order valence-electron chi connectivity index (χ0n) is 20.8. The first-order valence-electron chi connectivity index (χ1n) is 12.7. The van der Waals surface area contributed by atoms with Gasteiger partial charge in [0, 0.05) is 22.2 Å². The molecule has 0 aliphatic rings. The normalized spacial score (nSPS) is 11.5. The number of benzene rings is 4. The van der Waals surface area contributed by atoms with Crippen molar-refractivity contribution in [2.45, 2.75) is 39.5 Å². The molecule has 0 fully saturated rings. The van der Waals surface area contributed by atoms with E-state index in [4.69, 9.17) is 9.97 Å². The Kier molecular flexibility index (Phi) is 5.90. The molecule has 36 heavy (non-hydrogen) atoms. The third-order valence-electron chi connectivity index (χ3n) is 7.06. The topological polar surface area (TPSA) is 38.7 Å². The summed E-state index contributed by atoms with van der Waals surface area (Å²) >= 11 is 0. The summed E-state index contributed by atoms with van der Waals surface area (Å²) in [6, 6.07) is 32.5. The summed E-state index contributed by atoms with van der Waals surface area (Å²) in [5.74, 6) is 0.821. The van der Waals surface area contributed by atoms with Crippen LogP contribution in [0.1, 0.15) is 34.0 Å². The molecule has 2 heterocycles. The van der Waals surface area contributed by atoms with Crippen LogP contribution in [0.3, 0.4) is 0 Å². The molecule has 0 bridgehead atoms. The summed E-state index contributed by atoms with van der Waals surface area (Å²) in [6.45, 7) is 4.18. The monoisotopic (exact) mass is 467 g/mol. The van der Waals surface area contributed by atoms with Crippen LogP contribution in [0.15, 0.2) is 91.0 Å². The second-order valence-corrected chi connectivity index (χ2v) is 9.65. The molecular formula is C33H29N3. The van der Waals surface area contributed by atoms with Gasteiger partial charge in [0.25, 0.3) is 0 Å². The zero-order valence-corrected chi connectivity index (χ0v) is 20.8. The second-order valence-electron chi connectivity index (χ2n) is 9.65. The fraction of sp³-hybridized carbons (Fsp3) is 0.182. The van der Waals surface area contributed by atoms with Crippen LogP contribution >= 0.6 is 0 Å². The van der Waals surface area contributed by atoms with Crippen molar-refractivity contribution in [3.05, 3.63) is 125 Å². The first-order chi connectivity index (χ1) is 17.6. The lowest BCUT2D eigenvalue weighted by Gasteiger charge is -2.12. The van der Waals surface area contributed by atoms with Gasteiger partial charge in [-0.3, -0.25) is 4.98 Å². The van der Waals surface area contributed by atoms with Gasteiger partial charge in [0.2, 0.25) is 0 Å². The van der Waals surface area contributed by atoms with E-state index in [1.807, 2.05) is 13.0 Å². The summed E-state index contributed by atoms with van der Waals surface area (Å²) in [7, 11) is 0. The Labute approximate surface area is 211 Å². The number of nitrogens with zero attached hydrogens (tertiary/aromatic N) is 3. The van der Waals surface area contributed by atoms with Gasteiger partial charge >= 0.3 is 0 Å². The average Bonchev–Trinajstić information content (AvgIpc) is 2.90. The number of aryl methyl sites for hydroxylation is 6. The molecule has 0 atom stereocenters. The van der Waals surface area contributed by atoms with Gasteiger partial charge in [-0.2, -0.15) is 0 Å². The molecule has 6 aromatic rings. The van der Waals surface area contributed by atoms with Gasteiger partial charge in [0.1, 0.15) is 5.82 Å². The van der Waals surface area contributed by atoms with Crippen LogP contribution in [-0.4, -0.2) is 15.0 Å². The highest BCUT2D eigenvalue weighted by atomic mass is 14.9. The molecule has 0 saturated heterocycles. The van der Waals surface area contributed by atoms with E-state index in [-0.39, 0.29) is 0 Å². The van der Waals surface area contributed by atoms with Crippen molar-refractivity contribution >= 4 is 32.4 Å². The quantitative estimate of drug-likeness (QED) is 0.254. The maximum absolute atomic E-state index is 5.17. The maximum atomic E-state index is 5.17. The lowest BCUT2D eigenvalue weighted by atomic mass is 9.97. The van der Waals surface area contributed by atoms with Crippen molar-refractivity contribution in [3.8, 4) is 0 Å². The largest absolute Gasteiger partial charge is 0.257 e. The van der Waals surface area contributed by atoms with Crippen LogP contribution in [0, 0.1) is 13.8 Å². The number of rotatable bonds is 6. The first kappa shape index (κ1) is 22.4. The fourth-order valence-corrected chi connectivity index (χ4v) is 5.34. The molecule has 4 aromatic carbocycles. The number of fused-ring (bicyclic) bond motifs is 3. The summed E-state index contributed by atoms with van der Waals surface area (Å²) in [5.41, 5.74) is 7.11. The van der Waals surface area contributed by atoms with Crippen LogP contribution in [0.4, 0.5) is 0 Å². The van der Waals surface area contributed by atoms with Gasteiger partial charge in [-0.25, -0.2) is 9.97 Å². The summed E-state index contributed by atoms with van der Waals surface area (Å²) in [4.78, 5) is 14.5. The Bertz CT molecular complexity index is 1720. The van der Waals surface area contributed by atoms with Crippen molar-refractivity contribution in [1.29, 1.82) is 0 Å². The Morgan fingerprint density at radius 2 is 1.17 bits per heavy atom. The molecule has 3 heteroatoms. The number of hydrogen-bond acceptors (Lipinski definition) is 3. The smallest absolute Gasteiger partial charge is 0.126 e. The van der Waals surface area contributed by atoms with Crippen LogP contribution in [0.2, 0.25) is 0 Å². The van der Waals surface area contributed by atoms with Gasteiger partial charge in [-0.15, -0.1) is 0 Å². The van der Waals surface area contributed by atoms with Crippen molar-refractivity contribution < 1.29 is 0 Å². The summed E-state index contributed by atoms with van der Waals surface area (Å²) in [6.07, 6.45) is 3.59. The van der Waals surface area contributed by atoms with E-state index in [0.29, 0.717) is 0 Å². The Morgan fingerprint density at radius 3 is 2.00 bits per heavy atom. The molecule has 0 saturated carbocycles.